The maximum Gasteiger partial charge on any atom is 0.321 e. The molecular weight excluding hydrogens is 250 g/mol. The summed E-state index contributed by atoms with van der Waals surface area (Å²) in [6, 6.07) is -0.513. The number of oxime groups is 1. The molecule has 108 valence electrons. The van der Waals surface area contributed by atoms with Gasteiger partial charge in [-0.15, -0.1) is 0 Å². The van der Waals surface area contributed by atoms with Crippen LogP contribution in [0.4, 0.5) is 4.79 Å². The molecule has 1 saturated carbocycles. The van der Waals surface area contributed by atoms with Gasteiger partial charge in [-0.1, -0.05) is 5.16 Å². The van der Waals surface area contributed by atoms with E-state index in [1.807, 2.05) is 0 Å². The van der Waals surface area contributed by atoms with Gasteiger partial charge < -0.3 is 15.3 Å². The molecule has 3 N–H and O–H groups in total. The normalized spacial score (nSPS) is 20.5. The molecule has 1 rings (SSSR count). The van der Waals surface area contributed by atoms with Crippen LogP contribution in [0.15, 0.2) is 5.16 Å². The van der Waals surface area contributed by atoms with Crippen LogP contribution in [0.2, 0.25) is 0 Å². The molecule has 7 heteroatoms. The van der Waals surface area contributed by atoms with Crippen LogP contribution in [-0.4, -0.2) is 41.6 Å². The second-order valence-electron chi connectivity index (χ2n) is 4.49. The van der Waals surface area contributed by atoms with Crippen molar-refractivity contribution in [1.82, 2.24) is 10.6 Å². The molecule has 0 aromatic carbocycles. The Morgan fingerprint density at radius 2 is 2.11 bits per heavy atom. The van der Waals surface area contributed by atoms with Crippen molar-refractivity contribution >= 4 is 17.6 Å². The maximum atomic E-state index is 11.7. The van der Waals surface area contributed by atoms with Crippen molar-refractivity contribution in [2.45, 2.75) is 51.7 Å². The Labute approximate surface area is 112 Å². The van der Waals surface area contributed by atoms with Gasteiger partial charge in [0.25, 0.3) is 5.91 Å². The number of imide groups is 1. The number of hydrogen-bond donors (Lipinski definition) is 3. The lowest BCUT2D eigenvalue weighted by Gasteiger charge is -2.25. The number of hydrogen-bond acceptors (Lipinski definition) is 5. The Bertz CT molecular complexity index is 347. The van der Waals surface area contributed by atoms with E-state index in [2.05, 4.69) is 15.8 Å². The van der Waals surface area contributed by atoms with Gasteiger partial charge in [0, 0.05) is 6.54 Å². The Kier molecular flexibility index (Phi) is 6.27. The highest BCUT2D eigenvalue weighted by Gasteiger charge is 2.24. The number of carbonyl (C=O) groups excluding carboxylic acids is 2. The van der Waals surface area contributed by atoms with E-state index in [4.69, 9.17) is 9.94 Å². The van der Waals surface area contributed by atoms with E-state index in [9.17, 15) is 9.59 Å². The molecule has 1 aliphatic rings. The van der Waals surface area contributed by atoms with Crippen molar-refractivity contribution in [1.29, 1.82) is 0 Å². The molecule has 0 heterocycles. The summed E-state index contributed by atoms with van der Waals surface area (Å²) < 4.78 is 5.60. The molecule has 0 radical (unpaired) electrons. The minimum atomic E-state index is -0.680. The van der Waals surface area contributed by atoms with Gasteiger partial charge in [-0.25, -0.2) is 4.79 Å². The lowest BCUT2D eigenvalue weighted by Crippen LogP contribution is -2.45. The third-order valence-corrected chi connectivity index (χ3v) is 2.99. The highest BCUT2D eigenvalue weighted by molar-refractivity contribution is 5.96. The van der Waals surface area contributed by atoms with Gasteiger partial charge in [-0.05, 0) is 39.5 Å². The maximum absolute atomic E-state index is 11.7. The summed E-state index contributed by atoms with van der Waals surface area (Å²) in [6.07, 6.45) is 2.06. The first-order valence-electron chi connectivity index (χ1n) is 6.50. The lowest BCUT2D eigenvalue weighted by molar-refractivity contribution is -0.134. The summed E-state index contributed by atoms with van der Waals surface area (Å²) in [4.78, 5) is 22.9. The number of nitrogens with one attached hydrogen (secondary N) is 2. The third-order valence-electron chi connectivity index (χ3n) is 2.99. The first-order valence-corrected chi connectivity index (χ1v) is 6.50. The van der Waals surface area contributed by atoms with E-state index in [1.54, 1.807) is 13.8 Å². The smallest absolute Gasteiger partial charge is 0.321 e. The molecule has 0 aromatic heterocycles. The minimum absolute atomic E-state index is 0.0412. The largest absolute Gasteiger partial charge is 0.411 e. The molecule has 1 atom stereocenters. The van der Waals surface area contributed by atoms with Gasteiger partial charge >= 0.3 is 6.03 Å². The van der Waals surface area contributed by atoms with E-state index >= 15 is 0 Å². The molecule has 7 nitrogen and oxygen atoms in total. The topological polar surface area (TPSA) is 100 Å². The van der Waals surface area contributed by atoms with Crippen LogP contribution in [0.3, 0.4) is 0 Å². The summed E-state index contributed by atoms with van der Waals surface area (Å²) in [6.45, 7) is 3.84. The molecule has 0 spiro atoms. The van der Waals surface area contributed by atoms with E-state index in [0.717, 1.165) is 18.6 Å². The van der Waals surface area contributed by atoms with Crippen LogP contribution in [-0.2, 0) is 9.53 Å². The molecular formula is C12H21N3O4. The Hall–Kier alpha value is -1.63. The van der Waals surface area contributed by atoms with E-state index in [-0.39, 0.29) is 6.10 Å². The van der Waals surface area contributed by atoms with Gasteiger partial charge in [0.05, 0.1) is 11.8 Å². The fourth-order valence-electron chi connectivity index (χ4n) is 1.93. The molecule has 0 saturated heterocycles. The summed E-state index contributed by atoms with van der Waals surface area (Å²) in [7, 11) is 0. The van der Waals surface area contributed by atoms with Crippen LogP contribution in [0, 0.1) is 0 Å². The first-order chi connectivity index (χ1) is 9.06. The van der Waals surface area contributed by atoms with Crippen molar-refractivity contribution in [2.24, 2.45) is 5.16 Å². The molecule has 1 aliphatic carbocycles. The highest BCUT2D eigenvalue weighted by atomic mass is 16.5. The van der Waals surface area contributed by atoms with Crippen LogP contribution < -0.4 is 10.6 Å². The average Bonchev–Trinajstić information content (AvgIpc) is 2.39. The van der Waals surface area contributed by atoms with Crippen molar-refractivity contribution in [3.63, 3.8) is 0 Å². The van der Waals surface area contributed by atoms with Crippen LogP contribution in [0.25, 0.3) is 0 Å². The zero-order valence-electron chi connectivity index (χ0n) is 11.3. The van der Waals surface area contributed by atoms with Gasteiger partial charge in [-0.3, -0.25) is 10.1 Å². The highest BCUT2D eigenvalue weighted by Crippen LogP contribution is 2.20. The van der Waals surface area contributed by atoms with E-state index < -0.39 is 18.0 Å². The molecule has 1 unspecified atom stereocenters. The van der Waals surface area contributed by atoms with Crippen molar-refractivity contribution in [3.8, 4) is 0 Å². The van der Waals surface area contributed by atoms with Crippen LogP contribution in [0.5, 0.6) is 0 Å². The molecule has 19 heavy (non-hydrogen) atoms. The fraction of sp³-hybridized carbons (Fsp3) is 0.750. The van der Waals surface area contributed by atoms with Crippen LogP contribution in [0.1, 0.15) is 39.5 Å². The molecule has 0 aliphatic heterocycles. The Morgan fingerprint density at radius 3 is 2.63 bits per heavy atom. The van der Waals surface area contributed by atoms with Gasteiger partial charge in [0.1, 0.15) is 6.10 Å². The second kappa shape index (κ2) is 7.73. The number of rotatable bonds is 4. The quantitative estimate of drug-likeness (QED) is 0.524. The monoisotopic (exact) mass is 271 g/mol. The van der Waals surface area contributed by atoms with Gasteiger partial charge in [0.2, 0.25) is 0 Å². The number of nitrogens with zero attached hydrogens (tertiary/aromatic N) is 1. The molecule has 0 aromatic rings. The Balaban J connectivity index is 2.32. The van der Waals surface area contributed by atoms with Crippen molar-refractivity contribution < 1.29 is 19.5 Å². The van der Waals surface area contributed by atoms with Crippen LogP contribution >= 0.6 is 0 Å². The number of ether oxygens (including phenoxy) is 1. The minimum Gasteiger partial charge on any atom is -0.411 e. The summed E-state index contributed by atoms with van der Waals surface area (Å²) in [5.74, 6) is -0.451. The predicted octanol–water partition coefficient (Wildman–Crippen LogP) is 1.01. The summed E-state index contributed by atoms with van der Waals surface area (Å²) >= 11 is 0. The first kappa shape index (κ1) is 15.4. The third kappa shape index (κ3) is 5.25. The average molecular weight is 271 g/mol. The zero-order valence-corrected chi connectivity index (χ0v) is 11.3. The Morgan fingerprint density at radius 1 is 1.47 bits per heavy atom. The number of carbonyl (C=O) groups is 2. The lowest BCUT2D eigenvalue weighted by atomic mass is 9.96. The van der Waals surface area contributed by atoms with E-state index in [0.29, 0.717) is 19.4 Å². The standard InChI is InChI=1S/C12H21N3O4/c1-3-13-12(17)14-11(16)8(2)19-10-6-4-9(15-18)5-7-10/h8,10,18H,3-7H2,1-2H3,(H2,13,14,16,17). The SMILES string of the molecule is CCNC(=O)NC(=O)C(C)OC1CCC(=NO)CC1. The van der Waals surface area contributed by atoms with Crippen molar-refractivity contribution in [3.05, 3.63) is 0 Å². The van der Waals surface area contributed by atoms with Gasteiger partial charge in [-0.2, -0.15) is 0 Å². The molecule has 1 fully saturated rings. The predicted molar refractivity (Wildman–Crippen MR) is 69.2 cm³/mol. The summed E-state index contributed by atoms with van der Waals surface area (Å²) in [5, 5.41) is 16.5. The number of urea groups is 1. The number of amides is 3. The van der Waals surface area contributed by atoms with E-state index in [1.165, 1.54) is 0 Å². The second-order valence-corrected chi connectivity index (χ2v) is 4.49. The fourth-order valence-corrected chi connectivity index (χ4v) is 1.93. The van der Waals surface area contributed by atoms with Crippen molar-refractivity contribution in [2.75, 3.05) is 6.54 Å². The molecule has 0 bridgehead atoms. The molecule has 3 amide bonds. The van der Waals surface area contributed by atoms with Gasteiger partial charge in [0.15, 0.2) is 0 Å². The summed E-state index contributed by atoms with van der Waals surface area (Å²) in [5.41, 5.74) is 0.763. The zero-order chi connectivity index (χ0) is 14.3.